The van der Waals surface area contributed by atoms with Crippen molar-refractivity contribution < 1.29 is 14.3 Å². The van der Waals surface area contributed by atoms with Crippen LogP contribution in [0.3, 0.4) is 0 Å². The van der Waals surface area contributed by atoms with Crippen LogP contribution in [0.5, 0.6) is 0 Å². The number of nitrogens with two attached hydrogens (primary N) is 1. The highest BCUT2D eigenvalue weighted by Crippen LogP contribution is 2.23. The largest absolute Gasteiger partial charge is 0.399 e. The first-order valence-corrected chi connectivity index (χ1v) is 6.59. The zero-order valence-corrected chi connectivity index (χ0v) is 10.7. The van der Waals surface area contributed by atoms with Gasteiger partial charge in [0, 0.05) is 18.2 Å². The maximum Gasteiger partial charge on any atom is 0.254 e. The molecule has 0 bridgehead atoms. The van der Waals surface area contributed by atoms with Crippen LogP contribution in [0.15, 0.2) is 18.2 Å². The molecule has 0 aromatic heterocycles. The summed E-state index contributed by atoms with van der Waals surface area (Å²) in [6, 6.07) is 3.92. The molecule has 0 radical (unpaired) electrons. The molecule has 1 aromatic carbocycles. The fraction of sp³-hybridized carbons (Fsp3) is 0.500. The lowest BCUT2D eigenvalue weighted by Gasteiger charge is -2.27. The average molecular weight is 266 g/mol. The van der Waals surface area contributed by atoms with Gasteiger partial charge in [0.15, 0.2) is 0 Å². The fourth-order valence-corrected chi connectivity index (χ4v) is 2.46. The molecule has 5 heteroatoms. The van der Waals surface area contributed by atoms with Gasteiger partial charge in [-0.1, -0.05) is 12.8 Å². The van der Waals surface area contributed by atoms with Crippen molar-refractivity contribution in [1.29, 1.82) is 0 Å². The van der Waals surface area contributed by atoms with E-state index in [1.165, 1.54) is 18.2 Å². The normalized spacial score (nSPS) is 23.1. The highest BCUT2D eigenvalue weighted by atomic mass is 19.1. The summed E-state index contributed by atoms with van der Waals surface area (Å²) < 4.78 is 13.5. The minimum atomic E-state index is -0.587. The number of aliphatic hydroxyl groups excluding tert-OH is 1. The number of carbonyl (C=O) groups is 1. The van der Waals surface area contributed by atoms with E-state index in [9.17, 15) is 14.3 Å². The summed E-state index contributed by atoms with van der Waals surface area (Å²) in [6.07, 6.45) is 3.37. The van der Waals surface area contributed by atoms with Gasteiger partial charge in [-0.3, -0.25) is 4.79 Å². The van der Waals surface area contributed by atoms with Gasteiger partial charge in [-0.25, -0.2) is 4.39 Å². The molecule has 1 fully saturated rings. The van der Waals surface area contributed by atoms with Crippen molar-refractivity contribution in [1.82, 2.24) is 5.32 Å². The lowest BCUT2D eigenvalue weighted by Crippen LogP contribution is -2.37. The molecule has 2 atom stereocenters. The Hall–Kier alpha value is -1.62. The van der Waals surface area contributed by atoms with Crippen LogP contribution in [-0.2, 0) is 0 Å². The van der Waals surface area contributed by atoms with Crippen molar-refractivity contribution in [3.05, 3.63) is 29.6 Å². The summed E-state index contributed by atoms with van der Waals surface area (Å²) in [5.74, 6) is -1.01. The Morgan fingerprint density at radius 2 is 2.16 bits per heavy atom. The van der Waals surface area contributed by atoms with E-state index in [-0.39, 0.29) is 17.6 Å². The second kappa shape index (κ2) is 6.02. The van der Waals surface area contributed by atoms with Crippen LogP contribution in [0.25, 0.3) is 0 Å². The minimum Gasteiger partial charge on any atom is -0.399 e. The molecule has 19 heavy (non-hydrogen) atoms. The molecule has 1 saturated carbocycles. The Bertz CT molecular complexity index is 465. The zero-order chi connectivity index (χ0) is 13.8. The number of aliphatic hydroxyl groups is 1. The van der Waals surface area contributed by atoms with E-state index in [1.54, 1.807) is 0 Å². The predicted molar refractivity (Wildman–Crippen MR) is 71.1 cm³/mol. The molecule has 0 aliphatic heterocycles. The molecular weight excluding hydrogens is 247 g/mol. The Morgan fingerprint density at radius 1 is 1.42 bits per heavy atom. The van der Waals surface area contributed by atoms with Gasteiger partial charge < -0.3 is 16.2 Å². The first kappa shape index (κ1) is 13.8. The highest BCUT2D eigenvalue weighted by Gasteiger charge is 2.23. The molecule has 1 aliphatic rings. The van der Waals surface area contributed by atoms with E-state index in [0.717, 1.165) is 25.7 Å². The number of anilines is 1. The van der Waals surface area contributed by atoms with Gasteiger partial charge in [0.05, 0.1) is 11.7 Å². The molecule has 4 nitrogen and oxygen atoms in total. The Labute approximate surface area is 111 Å². The smallest absolute Gasteiger partial charge is 0.254 e. The van der Waals surface area contributed by atoms with Gasteiger partial charge in [0.1, 0.15) is 5.82 Å². The monoisotopic (exact) mass is 266 g/mol. The van der Waals surface area contributed by atoms with E-state index in [4.69, 9.17) is 5.73 Å². The summed E-state index contributed by atoms with van der Waals surface area (Å²) >= 11 is 0. The van der Waals surface area contributed by atoms with Gasteiger partial charge in [-0.2, -0.15) is 0 Å². The number of benzene rings is 1. The molecule has 2 rings (SSSR count). The molecular formula is C14H19FN2O2. The fourth-order valence-electron chi connectivity index (χ4n) is 2.46. The number of rotatable bonds is 3. The Kier molecular flexibility index (Phi) is 4.37. The maximum atomic E-state index is 13.5. The third kappa shape index (κ3) is 3.44. The lowest BCUT2D eigenvalue weighted by molar-refractivity contribution is 0.0662. The highest BCUT2D eigenvalue weighted by molar-refractivity contribution is 5.95. The van der Waals surface area contributed by atoms with E-state index >= 15 is 0 Å². The summed E-state index contributed by atoms with van der Waals surface area (Å²) in [5, 5.41) is 12.5. The molecule has 0 saturated heterocycles. The number of hydrogen-bond acceptors (Lipinski definition) is 3. The van der Waals surface area contributed by atoms with Crippen LogP contribution in [0.2, 0.25) is 0 Å². The van der Waals surface area contributed by atoms with E-state index < -0.39 is 11.7 Å². The quantitative estimate of drug-likeness (QED) is 0.729. The van der Waals surface area contributed by atoms with Crippen molar-refractivity contribution >= 4 is 11.6 Å². The second-order valence-corrected chi connectivity index (χ2v) is 5.06. The topological polar surface area (TPSA) is 75.4 Å². The maximum absolute atomic E-state index is 13.5. The molecule has 1 amide bonds. The molecule has 0 heterocycles. The number of hydrogen-bond donors (Lipinski definition) is 3. The Balaban J connectivity index is 1.95. The second-order valence-electron chi connectivity index (χ2n) is 5.06. The van der Waals surface area contributed by atoms with Crippen LogP contribution in [0.4, 0.5) is 10.1 Å². The molecule has 4 N–H and O–H groups in total. The molecule has 0 spiro atoms. The van der Waals surface area contributed by atoms with Crippen LogP contribution in [0.1, 0.15) is 36.0 Å². The average Bonchev–Trinajstić information content (AvgIpc) is 2.40. The van der Waals surface area contributed by atoms with Crippen LogP contribution in [-0.4, -0.2) is 23.7 Å². The van der Waals surface area contributed by atoms with E-state index in [2.05, 4.69) is 5.32 Å². The third-order valence-corrected chi connectivity index (χ3v) is 3.63. The first-order chi connectivity index (χ1) is 9.08. The molecule has 1 aromatic rings. The van der Waals surface area contributed by atoms with Crippen molar-refractivity contribution in [2.24, 2.45) is 5.92 Å². The van der Waals surface area contributed by atoms with Crippen molar-refractivity contribution in [2.45, 2.75) is 31.8 Å². The summed E-state index contributed by atoms with van der Waals surface area (Å²) in [5.41, 5.74) is 5.84. The number of halogens is 1. The Morgan fingerprint density at radius 3 is 2.89 bits per heavy atom. The van der Waals surface area contributed by atoms with Crippen molar-refractivity contribution in [3.8, 4) is 0 Å². The summed E-state index contributed by atoms with van der Waals surface area (Å²) in [7, 11) is 0. The number of amides is 1. The van der Waals surface area contributed by atoms with Gasteiger partial charge in [-0.15, -0.1) is 0 Å². The summed E-state index contributed by atoms with van der Waals surface area (Å²) in [4.78, 5) is 11.9. The van der Waals surface area contributed by atoms with Crippen LogP contribution in [0, 0.1) is 11.7 Å². The van der Waals surface area contributed by atoms with E-state index in [1.807, 2.05) is 0 Å². The van der Waals surface area contributed by atoms with Gasteiger partial charge in [0.2, 0.25) is 0 Å². The third-order valence-electron chi connectivity index (χ3n) is 3.63. The minimum absolute atomic E-state index is 0.0506. The lowest BCUT2D eigenvalue weighted by atomic mass is 9.86. The molecule has 1 aliphatic carbocycles. The van der Waals surface area contributed by atoms with Gasteiger partial charge in [-0.05, 0) is 31.0 Å². The molecule has 104 valence electrons. The van der Waals surface area contributed by atoms with Gasteiger partial charge in [0.25, 0.3) is 5.91 Å². The summed E-state index contributed by atoms with van der Waals surface area (Å²) in [6.45, 7) is 0.369. The number of carbonyl (C=O) groups excluding carboxylic acids is 1. The van der Waals surface area contributed by atoms with Crippen molar-refractivity contribution in [2.75, 3.05) is 12.3 Å². The molecule has 2 unspecified atom stereocenters. The predicted octanol–water partition coefficient (Wildman–Crippen LogP) is 1.69. The zero-order valence-electron chi connectivity index (χ0n) is 10.7. The SMILES string of the molecule is Nc1ccc(F)c(C(=O)NCC2CCCCC2O)c1. The number of nitrogen functional groups attached to an aromatic ring is 1. The van der Waals surface area contributed by atoms with Gasteiger partial charge >= 0.3 is 0 Å². The number of nitrogens with one attached hydrogen (secondary N) is 1. The van der Waals surface area contributed by atoms with Crippen LogP contribution >= 0.6 is 0 Å². The first-order valence-electron chi connectivity index (χ1n) is 6.59. The van der Waals surface area contributed by atoms with Crippen molar-refractivity contribution in [3.63, 3.8) is 0 Å². The standard InChI is InChI=1S/C14H19FN2O2/c15-12-6-5-10(16)7-11(12)14(19)17-8-9-3-1-2-4-13(9)18/h5-7,9,13,18H,1-4,8,16H2,(H,17,19). The van der Waals surface area contributed by atoms with E-state index in [0.29, 0.717) is 12.2 Å². The van der Waals surface area contributed by atoms with Crippen LogP contribution < -0.4 is 11.1 Å².